The van der Waals surface area contributed by atoms with Crippen molar-refractivity contribution < 1.29 is 13.2 Å². The van der Waals surface area contributed by atoms with Gasteiger partial charge in [-0.15, -0.1) is 0 Å². The van der Waals surface area contributed by atoms with E-state index in [4.69, 9.17) is 33.9 Å². The Morgan fingerprint density at radius 2 is 1.58 bits per heavy atom. The number of hydrogen-bond acceptors (Lipinski definition) is 3. The summed E-state index contributed by atoms with van der Waals surface area (Å²) >= 11 is 11.8. The molecular formula is C11H12Cl3NO3S. The summed E-state index contributed by atoms with van der Waals surface area (Å²) in [6.45, 7) is 5.17. The summed E-state index contributed by atoms with van der Waals surface area (Å²) in [7, 11) is 1.27. The topological polar surface area (TPSA) is 63.2 Å². The van der Waals surface area contributed by atoms with Crippen molar-refractivity contribution in [2.24, 2.45) is 5.41 Å². The molecule has 1 aromatic carbocycles. The van der Waals surface area contributed by atoms with Gasteiger partial charge in [0.1, 0.15) is 0 Å². The van der Waals surface area contributed by atoms with Crippen LogP contribution in [-0.4, -0.2) is 14.3 Å². The fourth-order valence-corrected chi connectivity index (χ4v) is 2.61. The quantitative estimate of drug-likeness (QED) is 0.827. The van der Waals surface area contributed by atoms with Crippen molar-refractivity contribution in [1.29, 1.82) is 0 Å². The average molecular weight is 345 g/mol. The lowest BCUT2D eigenvalue weighted by molar-refractivity contribution is -0.123. The van der Waals surface area contributed by atoms with Gasteiger partial charge in [-0.1, -0.05) is 44.0 Å². The zero-order valence-electron chi connectivity index (χ0n) is 10.4. The van der Waals surface area contributed by atoms with E-state index >= 15 is 0 Å². The maximum atomic E-state index is 11.8. The molecule has 0 atom stereocenters. The van der Waals surface area contributed by atoms with Crippen LogP contribution in [0.5, 0.6) is 0 Å². The third kappa shape index (κ3) is 4.24. The molecule has 0 bridgehead atoms. The van der Waals surface area contributed by atoms with Crippen molar-refractivity contribution in [2.45, 2.75) is 25.7 Å². The monoisotopic (exact) mass is 343 g/mol. The molecule has 8 heteroatoms. The molecule has 0 radical (unpaired) electrons. The first kappa shape index (κ1) is 16.6. The number of halogens is 3. The Bertz CT molecular complexity index is 598. The van der Waals surface area contributed by atoms with E-state index in [9.17, 15) is 13.2 Å². The molecule has 0 saturated heterocycles. The van der Waals surface area contributed by atoms with Crippen LogP contribution in [0, 0.1) is 5.41 Å². The van der Waals surface area contributed by atoms with E-state index in [1.54, 1.807) is 20.8 Å². The Morgan fingerprint density at radius 3 is 1.89 bits per heavy atom. The maximum Gasteiger partial charge on any atom is 0.261 e. The highest BCUT2D eigenvalue weighted by atomic mass is 35.7. The average Bonchev–Trinajstić information content (AvgIpc) is 2.19. The van der Waals surface area contributed by atoms with Gasteiger partial charge in [-0.2, -0.15) is 0 Å². The van der Waals surface area contributed by atoms with Crippen LogP contribution in [0.25, 0.3) is 0 Å². The van der Waals surface area contributed by atoms with Gasteiger partial charge in [-0.3, -0.25) is 4.79 Å². The summed E-state index contributed by atoms with van der Waals surface area (Å²) < 4.78 is 22.4. The molecule has 1 aromatic rings. The lowest BCUT2D eigenvalue weighted by Gasteiger charge is -2.19. The SMILES string of the molecule is CC(C)(C)C(=O)Nc1c(Cl)cc(S(=O)(=O)Cl)cc1Cl. The number of carbonyl (C=O) groups is 1. The molecule has 1 rings (SSSR count). The number of anilines is 1. The molecule has 1 amide bonds. The highest BCUT2D eigenvalue weighted by Gasteiger charge is 2.24. The number of benzene rings is 1. The van der Waals surface area contributed by atoms with Gasteiger partial charge in [0.25, 0.3) is 9.05 Å². The van der Waals surface area contributed by atoms with Crippen LogP contribution in [0.15, 0.2) is 17.0 Å². The third-order valence-electron chi connectivity index (χ3n) is 2.22. The van der Waals surface area contributed by atoms with Crippen molar-refractivity contribution in [2.75, 3.05) is 5.32 Å². The van der Waals surface area contributed by atoms with Gasteiger partial charge in [-0.25, -0.2) is 8.42 Å². The molecule has 0 aliphatic rings. The number of nitrogens with one attached hydrogen (secondary N) is 1. The van der Waals surface area contributed by atoms with Crippen molar-refractivity contribution in [1.82, 2.24) is 0 Å². The van der Waals surface area contributed by atoms with E-state index in [1.807, 2.05) is 0 Å². The summed E-state index contributed by atoms with van der Waals surface area (Å²) in [5.41, 5.74) is -0.475. The van der Waals surface area contributed by atoms with Crippen LogP contribution in [0.2, 0.25) is 10.0 Å². The Kier molecular flexibility index (Phi) is 4.78. The van der Waals surface area contributed by atoms with Gasteiger partial charge in [0.05, 0.1) is 20.6 Å². The Balaban J connectivity index is 3.23. The minimum atomic E-state index is -3.93. The smallest absolute Gasteiger partial charge is 0.261 e. The first-order chi connectivity index (χ1) is 8.43. The predicted molar refractivity (Wildman–Crippen MR) is 77.6 cm³/mol. The molecule has 0 unspecified atom stereocenters. The van der Waals surface area contributed by atoms with Crippen LogP contribution < -0.4 is 5.32 Å². The van der Waals surface area contributed by atoms with E-state index < -0.39 is 14.5 Å². The molecule has 0 fully saturated rings. The fourth-order valence-electron chi connectivity index (χ4n) is 1.11. The minimum absolute atomic E-state index is 0.00400. The summed E-state index contributed by atoms with van der Waals surface area (Å²) in [5, 5.41) is 2.56. The lowest BCUT2D eigenvalue weighted by atomic mass is 9.95. The normalized spacial score (nSPS) is 12.3. The van der Waals surface area contributed by atoms with E-state index in [0.29, 0.717) is 0 Å². The Labute approximate surface area is 126 Å². The maximum absolute atomic E-state index is 11.8. The molecule has 4 nitrogen and oxygen atoms in total. The molecule has 19 heavy (non-hydrogen) atoms. The van der Waals surface area contributed by atoms with Crippen LogP contribution in [0.3, 0.4) is 0 Å². The fraction of sp³-hybridized carbons (Fsp3) is 0.364. The summed E-state index contributed by atoms with van der Waals surface area (Å²) in [6, 6.07) is 2.27. The van der Waals surface area contributed by atoms with Crippen molar-refractivity contribution in [3.05, 3.63) is 22.2 Å². The number of rotatable bonds is 2. The minimum Gasteiger partial charge on any atom is -0.323 e. The Hall–Kier alpha value is -0.490. The van der Waals surface area contributed by atoms with Crippen LogP contribution >= 0.6 is 33.9 Å². The van der Waals surface area contributed by atoms with Gasteiger partial charge in [0, 0.05) is 16.1 Å². The van der Waals surface area contributed by atoms with Crippen LogP contribution in [0.1, 0.15) is 20.8 Å². The summed E-state index contributed by atoms with van der Waals surface area (Å²) in [6.07, 6.45) is 0. The Morgan fingerprint density at radius 1 is 1.16 bits per heavy atom. The van der Waals surface area contributed by atoms with Gasteiger partial charge < -0.3 is 5.32 Å². The standard InChI is InChI=1S/C11H12Cl3NO3S/c1-11(2,3)10(16)15-9-7(12)4-6(5-8(9)13)19(14,17)18/h4-5H,1-3H3,(H,15,16). The van der Waals surface area contributed by atoms with E-state index in [1.165, 1.54) is 0 Å². The van der Waals surface area contributed by atoms with Crippen LogP contribution in [0.4, 0.5) is 5.69 Å². The van der Waals surface area contributed by atoms with Gasteiger partial charge in [0.2, 0.25) is 5.91 Å². The molecule has 0 aliphatic carbocycles. The summed E-state index contributed by atoms with van der Waals surface area (Å²) in [4.78, 5) is 11.6. The third-order valence-corrected chi connectivity index (χ3v) is 4.15. The van der Waals surface area contributed by atoms with Gasteiger partial charge in [-0.05, 0) is 12.1 Å². The van der Waals surface area contributed by atoms with Crippen molar-refractivity contribution in [3.8, 4) is 0 Å². The lowest BCUT2D eigenvalue weighted by Crippen LogP contribution is -2.27. The van der Waals surface area contributed by atoms with Crippen LogP contribution in [-0.2, 0) is 13.8 Å². The van der Waals surface area contributed by atoms with Gasteiger partial charge in [0.15, 0.2) is 0 Å². The molecule has 106 valence electrons. The van der Waals surface area contributed by atoms with E-state index in [2.05, 4.69) is 5.32 Å². The largest absolute Gasteiger partial charge is 0.323 e. The zero-order valence-corrected chi connectivity index (χ0v) is 13.5. The molecule has 0 spiro atoms. The van der Waals surface area contributed by atoms with E-state index in [0.717, 1.165) is 12.1 Å². The second-order valence-corrected chi connectivity index (χ2v) is 8.28. The van der Waals surface area contributed by atoms with Crippen molar-refractivity contribution >= 4 is 54.5 Å². The molecule has 0 saturated carbocycles. The van der Waals surface area contributed by atoms with E-state index in [-0.39, 0.29) is 26.5 Å². The highest BCUT2D eigenvalue weighted by molar-refractivity contribution is 8.13. The second-order valence-electron chi connectivity index (χ2n) is 4.90. The van der Waals surface area contributed by atoms with Gasteiger partial charge >= 0.3 is 0 Å². The summed E-state index contributed by atoms with van der Waals surface area (Å²) in [5.74, 6) is -0.294. The molecule has 0 aliphatic heterocycles. The second kappa shape index (κ2) is 5.48. The zero-order chi connectivity index (χ0) is 15.0. The number of hydrogen-bond donors (Lipinski definition) is 1. The molecular weight excluding hydrogens is 333 g/mol. The predicted octanol–water partition coefficient (Wildman–Crippen LogP) is 3.91. The first-order valence-corrected chi connectivity index (χ1v) is 8.24. The first-order valence-electron chi connectivity index (χ1n) is 5.18. The number of amides is 1. The van der Waals surface area contributed by atoms with Crippen molar-refractivity contribution in [3.63, 3.8) is 0 Å². The molecule has 0 aromatic heterocycles. The molecule has 0 heterocycles. The number of carbonyl (C=O) groups excluding carboxylic acids is 1. The highest BCUT2D eigenvalue weighted by Crippen LogP contribution is 2.35. The molecule has 1 N–H and O–H groups in total.